The summed E-state index contributed by atoms with van der Waals surface area (Å²) in [5.41, 5.74) is 1.04. The summed E-state index contributed by atoms with van der Waals surface area (Å²) in [5.74, 6) is -0.271. The number of rotatable bonds is 4. The van der Waals surface area contributed by atoms with Gasteiger partial charge in [0.2, 0.25) is 0 Å². The van der Waals surface area contributed by atoms with Gasteiger partial charge in [0.25, 0.3) is 5.91 Å². The molecule has 0 heterocycles. The van der Waals surface area contributed by atoms with Gasteiger partial charge in [0.15, 0.2) is 9.84 Å². The quantitative estimate of drug-likeness (QED) is 0.841. The van der Waals surface area contributed by atoms with Crippen molar-refractivity contribution >= 4 is 33.0 Å². The van der Waals surface area contributed by atoms with E-state index in [9.17, 15) is 13.2 Å². The van der Waals surface area contributed by atoms with Crippen LogP contribution in [0.5, 0.6) is 0 Å². The smallest absolute Gasteiger partial charge is 0.258 e. The van der Waals surface area contributed by atoms with E-state index >= 15 is 0 Å². The minimum Gasteiger partial charge on any atom is -0.306 e. The highest BCUT2D eigenvalue weighted by molar-refractivity contribution is 7.90. The van der Waals surface area contributed by atoms with Crippen LogP contribution in [0.15, 0.2) is 53.4 Å². The third-order valence-electron chi connectivity index (χ3n) is 3.35. The fourth-order valence-corrected chi connectivity index (χ4v) is 3.60. The Kier molecular flexibility index (Phi) is 5.12. The maximum atomic E-state index is 12.9. The Morgan fingerprint density at radius 1 is 1.09 bits per heavy atom. The van der Waals surface area contributed by atoms with Crippen LogP contribution in [-0.2, 0) is 9.84 Å². The maximum absolute atomic E-state index is 12.9. The molecule has 2 aromatic carbocycles. The molecule has 0 aliphatic carbocycles. The van der Waals surface area contributed by atoms with E-state index in [0.717, 1.165) is 11.9 Å². The van der Waals surface area contributed by atoms with E-state index in [1.807, 2.05) is 44.2 Å². The number of amides is 1. The van der Waals surface area contributed by atoms with Crippen LogP contribution >= 0.6 is 11.6 Å². The lowest BCUT2D eigenvalue weighted by Crippen LogP contribution is -2.37. The van der Waals surface area contributed by atoms with Crippen LogP contribution in [0.4, 0.5) is 5.69 Å². The Bertz CT molecular complexity index is 817. The summed E-state index contributed by atoms with van der Waals surface area (Å²) in [4.78, 5) is 14.4. The maximum Gasteiger partial charge on any atom is 0.258 e. The summed E-state index contributed by atoms with van der Waals surface area (Å²) in [7, 11) is -3.50. The molecule has 0 aliphatic rings. The predicted octanol–water partition coefficient (Wildman–Crippen LogP) is 3.80. The first-order chi connectivity index (χ1) is 10.7. The van der Waals surface area contributed by atoms with E-state index in [0.29, 0.717) is 0 Å². The monoisotopic (exact) mass is 351 g/mol. The number of hydrogen-bond donors (Lipinski definition) is 0. The molecule has 1 amide bonds. The standard InChI is InChI=1S/C17H18ClNO3S/c1-12(2)19(14-7-5-4-6-8-14)17(20)13-9-10-15(18)16(11-13)23(3,21)22/h4-12H,1-3H3. The van der Waals surface area contributed by atoms with E-state index < -0.39 is 9.84 Å². The second-order valence-corrected chi connectivity index (χ2v) is 7.91. The molecule has 2 aromatic rings. The molecule has 0 atom stereocenters. The van der Waals surface area contributed by atoms with Gasteiger partial charge < -0.3 is 4.90 Å². The molecule has 2 rings (SSSR count). The van der Waals surface area contributed by atoms with Gasteiger partial charge in [-0.3, -0.25) is 4.79 Å². The highest BCUT2D eigenvalue weighted by Gasteiger charge is 2.23. The molecule has 0 aromatic heterocycles. The van der Waals surface area contributed by atoms with E-state index in [1.54, 1.807) is 4.90 Å². The molecule has 0 saturated carbocycles. The molecular weight excluding hydrogens is 334 g/mol. The van der Waals surface area contributed by atoms with Gasteiger partial charge in [0.05, 0.1) is 9.92 Å². The number of carbonyl (C=O) groups is 1. The van der Waals surface area contributed by atoms with Gasteiger partial charge in [-0.1, -0.05) is 29.8 Å². The Morgan fingerprint density at radius 2 is 1.70 bits per heavy atom. The van der Waals surface area contributed by atoms with Crippen molar-refractivity contribution < 1.29 is 13.2 Å². The topological polar surface area (TPSA) is 54.5 Å². The highest BCUT2D eigenvalue weighted by atomic mass is 35.5. The highest BCUT2D eigenvalue weighted by Crippen LogP contribution is 2.25. The summed E-state index contributed by atoms with van der Waals surface area (Å²) < 4.78 is 23.6. The number of anilines is 1. The second kappa shape index (κ2) is 6.72. The third kappa shape index (κ3) is 3.92. The SMILES string of the molecule is CC(C)N(C(=O)c1ccc(Cl)c(S(C)(=O)=O)c1)c1ccccc1. The lowest BCUT2D eigenvalue weighted by molar-refractivity contribution is 0.0980. The lowest BCUT2D eigenvalue weighted by Gasteiger charge is -2.27. The number of sulfone groups is 1. The summed E-state index contributed by atoms with van der Waals surface area (Å²) in [6.07, 6.45) is 1.07. The molecule has 23 heavy (non-hydrogen) atoms. The zero-order valence-electron chi connectivity index (χ0n) is 13.2. The van der Waals surface area contributed by atoms with Gasteiger partial charge in [-0.2, -0.15) is 0 Å². The van der Waals surface area contributed by atoms with Crippen molar-refractivity contribution in [1.29, 1.82) is 0 Å². The Hall–Kier alpha value is -1.85. The minimum absolute atomic E-state index is 0.0400. The number of nitrogens with zero attached hydrogens (tertiary/aromatic N) is 1. The van der Waals surface area contributed by atoms with Crippen LogP contribution < -0.4 is 4.90 Å². The fourth-order valence-electron chi connectivity index (χ4n) is 2.30. The number of halogens is 1. The Balaban J connectivity index is 2.50. The molecule has 0 radical (unpaired) electrons. The molecule has 0 aliphatic heterocycles. The summed E-state index contributed by atoms with van der Waals surface area (Å²) >= 11 is 5.94. The molecule has 0 bridgehead atoms. The zero-order valence-corrected chi connectivity index (χ0v) is 14.7. The summed E-state index contributed by atoms with van der Waals surface area (Å²) in [6, 6.07) is 13.5. The molecule has 122 valence electrons. The summed E-state index contributed by atoms with van der Waals surface area (Å²) in [6.45, 7) is 3.80. The molecular formula is C17H18ClNO3S. The molecule has 0 N–H and O–H groups in total. The Labute approximate surface area is 141 Å². The first-order valence-electron chi connectivity index (χ1n) is 7.10. The predicted molar refractivity (Wildman–Crippen MR) is 92.9 cm³/mol. The van der Waals surface area contributed by atoms with Crippen LogP contribution in [0.2, 0.25) is 5.02 Å². The number of benzene rings is 2. The van der Waals surface area contributed by atoms with E-state index in [2.05, 4.69) is 0 Å². The average Bonchev–Trinajstić information content (AvgIpc) is 2.47. The van der Waals surface area contributed by atoms with Crippen LogP contribution in [0.3, 0.4) is 0 Å². The van der Waals surface area contributed by atoms with Gasteiger partial charge >= 0.3 is 0 Å². The van der Waals surface area contributed by atoms with Crippen molar-refractivity contribution in [3.8, 4) is 0 Å². The number of hydrogen-bond acceptors (Lipinski definition) is 3. The molecule has 4 nitrogen and oxygen atoms in total. The van der Waals surface area contributed by atoms with Gasteiger partial charge in [-0.05, 0) is 44.2 Å². The number of carbonyl (C=O) groups excluding carboxylic acids is 1. The largest absolute Gasteiger partial charge is 0.306 e. The second-order valence-electron chi connectivity index (χ2n) is 5.52. The fraction of sp³-hybridized carbons (Fsp3) is 0.235. The molecule has 0 unspecified atom stereocenters. The normalized spacial score (nSPS) is 11.5. The van der Waals surface area contributed by atoms with Crippen molar-refractivity contribution in [2.45, 2.75) is 24.8 Å². The van der Waals surface area contributed by atoms with E-state index in [-0.39, 0.29) is 27.4 Å². The van der Waals surface area contributed by atoms with E-state index in [4.69, 9.17) is 11.6 Å². The van der Waals surface area contributed by atoms with E-state index in [1.165, 1.54) is 18.2 Å². The molecule has 0 saturated heterocycles. The van der Waals surface area contributed by atoms with Crippen LogP contribution in [0.1, 0.15) is 24.2 Å². The van der Waals surface area contributed by atoms with Crippen LogP contribution in [-0.4, -0.2) is 26.6 Å². The van der Waals surface area contributed by atoms with Crippen molar-refractivity contribution in [2.75, 3.05) is 11.2 Å². The van der Waals surface area contributed by atoms with Crippen LogP contribution in [0, 0.1) is 0 Å². The first-order valence-corrected chi connectivity index (χ1v) is 9.37. The van der Waals surface area contributed by atoms with Crippen molar-refractivity contribution in [1.82, 2.24) is 0 Å². The molecule has 0 fully saturated rings. The van der Waals surface area contributed by atoms with Gasteiger partial charge in [-0.15, -0.1) is 0 Å². The summed E-state index contributed by atoms with van der Waals surface area (Å²) in [5, 5.41) is 0.111. The molecule has 6 heteroatoms. The van der Waals surface area contributed by atoms with Gasteiger partial charge in [0.1, 0.15) is 0 Å². The average molecular weight is 352 g/mol. The van der Waals surface area contributed by atoms with Crippen molar-refractivity contribution in [3.63, 3.8) is 0 Å². The number of para-hydroxylation sites is 1. The first kappa shape index (κ1) is 17.5. The van der Waals surface area contributed by atoms with Crippen molar-refractivity contribution in [3.05, 3.63) is 59.1 Å². The lowest BCUT2D eigenvalue weighted by atomic mass is 10.1. The van der Waals surface area contributed by atoms with Crippen molar-refractivity contribution in [2.24, 2.45) is 0 Å². The van der Waals surface area contributed by atoms with Gasteiger partial charge in [0, 0.05) is 23.5 Å². The molecule has 0 spiro atoms. The zero-order chi connectivity index (χ0) is 17.2. The minimum atomic E-state index is -3.50. The van der Waals surface area contributed by atoms with Gasteiger partial charge in [-0.25, -0.2) is 8.42 Å². The van der Waals surface area contributed by atoms with Crippen LogP contribution in [0.25, 0.3) is 0 Å². The Morgan fingerprint density at radius 3 is 2.22 bits per heavy atom. The third-order valence-corrected chi connectivity index (χ3v) is 4.93.